The number of imidazole rings is 1. The molecular formula is C15H15N5O3. The van der Waals surface area contributed by atoms with Gasteiger partial charge in [0.1, 0.15) is 6.33 Å². The Morgan fingerprint density at radius 1 is 1.30 bits per heavy atom. The summed E-state index contributed by atoms with van der Waals surface area (Å²) in [7, 11) is 0. The second-order valence-corrected chi connectivity index (χ2v) is 5.05. The first-order valence-electron chi connectivity index (χ1n) is 6.99. The van der Waals surface area contributed by atoms with E-state index in [0.717, 1.165) is 0 Å². The van der Waals surface area contributed by atoms with Gasteiger partial charge in [-0.1, -0.05) is 12.1 Å². The molecule has 2 heterocycles. The number of aliphatic hydroxyl groups is 1. The summed E-state index contributed by atoms with van der Waals surface area (Å²) >= 11 is 0. The number of nitrogens with zero attached hydrogens (tertiary/aromatic N) is 4. The molecule has 0 aliphatic rings. The van der Waals surface area contributed by atoms with E-state index in [1.54, 1.807) is 29.1 Å². The summed E-state index contributed by atoms with van der Waals surface area (Å²) in [6.45, 7) is 1.80. The number of hydrogen-bond donors (Lipinski definition) is 3. The van der Waals surface area contributed by atoms with Crippen molar-refractivity contribution < 1.29 is 15.0 Å². The van der Waals surface area contributed by atoms with Crippen molar-refractivity contribution in [3.8, 4) is 0 Å². The first kappa shape index (κ1) is 14.9. The van der Waals surface area contributed by atoms with Crippen LogP contribution >= 0.6 is 0 Å². The number of hydrogen-bond acceptors (Lipinski definition) is 6. The van der Waals surface area contributed by atoms with Crippen LogP contribution in [0.25, 0.3) is 11.2 Å². The van der Waals surface area contributed by atoms with Gasteiger partial charge in [0.25, 0.3) is 0 Å². The fourth-order valence-electron chi connectivity index (χ4n) is 2.26. The number of rotatable bonds is 5. The highest BCUT2D eigenvalue weighted by Gasteiger charge is 2.15. The van der Waals surface area contributed by atoms with Crippen molar-refractivity contribution >= 4 is 28.6 Å². The Labute approximate surface area is 131 Å². The Morgan fingerprint density at radius 2 is 2.09 bits per heavy atom. The van der Waals surface area contributed by atoms with Crippen molar-refractivity contribution in [2.45, 2.75) is 13.0 Å². The summed E-state index contributed by atoms with van der Waals surface area (Å²) in [5.74, 6) is -0.620. The van der Waals surface area contributed by atoms with E-state index in [9.17, 15) is 15.0 Å². The minimum absolute atomic E-state index is 0.0416. The highest BCUT2D eigenvalue weighted by molar-refractivity contribution is 5.96. The molecule has 0 aliphatic heterocycles. The van der Waals surface area contributed by atoms with E-state index in [-0.39, 0.29) is 18.2 Å². The standard InChI is InChI=1S/C15H15N5O3/c1-9(6-21)20-8-18-12-13(16-7-17-14(12)20)19-11-5-3-2-4-10(11)15(22)23/h2-5,7-9,21H,6H2,1H3,(H,22,23)(H,16,17,19). The topological polar surface area (TPSA) is 113 Å². The molecule has 23 heavy (non-hydrogen) atoms. The number of anilines is 2. The number of para-hydroxylation sites is 1. The van der Waals surface area contributed by atoms with Crippen LogP contribution in [-0.2, 0) is 0 Å². The van der Waals surface area contributed by atoms with Crippen molar-refractivity contribution in [1.29, 1.82) is 0 Å². The number of aliphatic hydroxyl groups excluding tert-OH is 1. The van der Waals surface area contributed by atoms with E-state index in [2.05, 4.69) is 20.3 Å². The molecule has 8 nitrogen and oxygen atoms in total. The van der Waals surface area contributed by atoms with Crippen LogP contribution in [0.15, 0.2) is 36.9 Å². The van der Waals surface area contributed by atoms with Crippen molar-refractivity contribution in [2.24, 2.45) is 0 Å². The molecule has 2 aromatic heterocycles. The maximum Gasteiger partial charge on any atom is 0.337 e. The normalized spacial score (nSPS) is 12.3. The maximum absolute atomic E-state index is 11.3. The molecular weight excluding hydrogens is 298 g/mol. The molecule has 0 radical (unpaired) electrons. The van der Waals surface area contributed by atoms with Gasteiger partial charge in [-0.15, -0.1) is 0 Å². The van der Waals surface area contributed by atoms with Gasteiger partial charge < -0.3 is 20.1 Å². The average molecular weight is 313 g/mol. The van der Waals surface area contributed by atoms with E-state index in [1.165, 1.54) is 12.4 Å². The second kappa shape index (κ2) is 6.01. The number of aromatic carboxylic acids is 1. The van der Waals surface area contributed by atoms with Crippen LogP contribution in [0.4, 0.5) is 11.5 Å². The Bertz CT molecular complexity index is 861. The first-order chi connectivity index (χ1) is 11.1. The summed E-state index contributed by atoms with van der Waals surface area (Å²) < 4.78 is 1.74. The Hall–Kier alpha value is -3.00. The Kier molecular flexibility index (Phi) is 3.90. The lowest BCUT2D eigenvalue weighted by Crippen LogP contribution is -2.09. The van der Waals surface area contributed by atoms with Crippen molar-refractivity contribution in [3.63, 3.8) is 0 Å². The van der Waals surface area contributed by atoms with Crippen LogP contribution in [-0.4, -0.2) is 42.3 Å². The van der Waals surface area contributed by atoms with E-state index in [4.69, 9.17) is 0 Å². The van der Waals surface area contributed by atoms with Crippen molar-refractivity contribution in [1.82, 2.24) is 19.5 Å². The minimum Gasteiger partial charge on any atom is -0.478 e. The first-order valence-corrected chi connectivity index (χ1v) is 6.99. The van der Waals surface area contributed by atoms with Gasteiger partial charge in [0, 0.05) is 0 Å². The molecule has 0 saturated heterocycles. The highest BCUT2D eigenvalue weighted by atomic mass is 16.4. The molecule has 0 aliphatic carbocycles. The minimum atomic E-state index is -1.03. The van der Waals surface area contributed by atoms with Gasteiger partial charge in [-0.25, -0.2) is 19.7 Å². The van der Waals surface area contributed by atoms with E-state index in [1.807, 2.05) is 6.92 Å². The molecule has 0 fully saturated rings. The molecule has 3 N–H and O–H groups in total. The quantitative estimate of drug-likeness (QED) is 0.658. The molecule has 1 atom stereocenters. The van der Waals surface area contributed by atoms with Crippen LogP contribution in [0.5, 0.6) is 0 Å². The van der Waals surface area contributed by atoms with Crippen LogP contribution in [0.1, 0.15) is 23.3 Å². The molecule has 3 aromatic rings. The molecule has 8 heteroatoms. The van der Waals surface area contributed by atoms with Gasteiger partial charge in [-0.05, 0) is 19.1 Å². The van der Waals surface area contributed by atoms with Gasteiger partial charge in [0.15, 0.2) is 17.0 Å². The fraction of sp³-hybridized carbons (Fsp3) is 0.200. The third kappa shape index (κ3) is 2.71. The fourth-order valence-corrected chi connectivity index (χ4v) is 2.26. The lowest BCUT2D eigenvalue weighted by molar-refractivity contribution is 0.0698. The van der Waals surface area contributed by atoms with Crippen LogP contribution in [0.3, 0.4) is 0 Å². The smallest absolute Gasteiger partial charge is 0.337 e. The molecule has 0 spiro atoms. The zero-order chi connectivity index (χ0) is 16.4. The molecule has 1 unspecified atom stereocenters. The SMILES string of the molecule is CC(CO)n1cnc2c(Nc3ccccc3C(=O)O)ncnc21. The van der Waals surface area contributed by atoms with Gasteiger partial charge in [0.2, 0.25) is 0 Å². The number of aromatic nitrogens is 4. The summed E-state index contributed by atoms with van der Waals surface area (Å²) in [6, 6.07) is 6.39. The van der Waals surface area contributed by atoms with Gasteiger partial charge in [-0.2, -0.15) is 0 Å². The summed E-state index contributed by atoms with van der Waals surface area (Å²) in [5, 5.41) is 21.5. The maximum atomic E-state index is 11.3. The van der Waals surface area contributed by atoms with Gasteiger partial charge in [-0.3, -0.25) is 0 Å². The van der Waals surface area contributed by atoms with E-state index >= 15 is 0 Å². The summed E-state index contributed by atoms with van der Waals surface area (Å²) in [6.07, 6.45) is 2.95. The van der Waals surface area contributed by atoms with Crippen LogP contribution < -0.4 is 5.32 Å². The molecule has 0 amide bonds. The van der Waals surface area contributed by atoms with Gasteiger partial charge >= 0.3 is 5.97 Å². The Morgan fingerprint density at radius 3 is 2.83 bits per heavy atom. The number of carbonyl (C=O) groups is 1. The summed E-state index contributed by atoms with van der Waals surface area (Å²) in [5.41, 5.74) is 1.64. The van der Waals surface area contributed by atoms with Crippen LogP contribution in [0.2, 0.25) is 0 Å². The van der Waals surface area contributed by atoms with Gasteiger partial charge in [0.05, 0.1) is 30.2 Å². The zero-order valence-electron chi connectivity index (χ0n) is 12.3. The molecule has 1 aromatic carbocycles. The molecule has 0 bridgehead atoms. The number of nitrogens with one attached hydrogen (secondary N) is 1. The number of carboxylic acid groups (broad SMARTS) is 1. The van der Waals surface area contributed by atoms with Crippen LogP contribution in [0, 0.1) is 0 Å². The highest BCUT2D eigenvalue weighted by Crippen LogP contribution is 2.25. The number of benzene rings is 1. The zero-order valence-corrected chi connectivity index (χ0v) is 12.3. The van der Waals surface area contributed by atoms with Crippen molar-refractivity contribution in [3.05, 3.63) is 42.5 Å². The monoisotopic (exact) mass is 313 g/mol. The lowest BCUT2D eigenvalue weighted by atomic mass is 10.2. The second-order valence-electron chi connectivity index (χ2n) is 5.05. The van der Waals surface area contributed by atoms with E-state index in [0.29, 0.717) is 22.7 Å². The molecule has 3 rings (SSSR count). The lowest BCUT2D eigenvalue weighted by Gasteiger charge is -2.11. The average Bonchev–Trinajstić information content (AvgIpc) is 2.99. The van der Waals surface area contributed by atoms with Crippen molar-refractivity contribution in [2.75, 3.05) is 11.9 Å². The molecule has 0 saturated carbocycles. The number of fused-ring (bicyclic) bond motifs is 1. The third-order valence-corrected chi connectivity index (χ3v) is 3.51. The number of carboxylic acids is 1. The van der Waals surface area contributed by atoms with E-state index < -0.39 is 5.97 Å². The predicted molar refractivity (Wildman–Crippen MR) is 83.8 cm³/mol. The largest absolute Gasteiger partial charge is 0.478 e. The third-order valence-electron chi connectivity index (χ3n) is 3.51. The molecule has 118 valence electrons. The summed E-state index contributed by atoms with van der Waals surface area (Å²) in [4.78, 5) is 23.9. The predicted octanol–water partition coefficient (Wildman–Crippen LogP) is 1.82. The Balaban J connectivity index is 2.05.